The molecule has 0 unspecified atom stereocenters. The quantitative estimate of drug-likeness (QED) is 0.625. The third-order valence-electron chi connectivity index (χ3n) is 3.52. The second kappa shape index (κ2) is 10.6. The second-order valence-corrected chi connectivity index (χ2v) is 5.26. The molecule has 0 spiro atoms. The maximum Gasteiger partial charge on any atom is 0.142 e. The van der Waals surface area contributed by atoms with E-state index in [1.807, 2.05) is 12.1 Å². The summed E-state index contributed by atoms with van der Waals surface area (Å²) in [6.07, 6.45) is 6.37. The lowest BCUT2D eigenvalue weighted by Gasteiger charge is -2.21. The van der Waals surface area contributed by atoms with E-state index in [2.05, 4.69) is 36.3 Å². The highest BCUT2D eigenvalue weighted by molar-refractivity contribution is 5.57. The number of hydrogen-bond donors (Lipinski definition) is 1. The third-order valence-corrected chi connectivity index (χ3v) is 3.52. The van der Waals surface area contributed by atoms with Gasteiger partial charge in [-0.15, -0.1) is 0 Å². The summed E-state index contributed by atoms with van der Waals surface area (Å²) in [7, 11) is 3.87. The number of rotatable bonds is 11. The monoisotopic (exact) mass is 278 g/mol. The number of nitrogens with zero attached hydrogens (tertiary/aromatic N) is 1. The maximum atomic E-state index is 5.40. The summed E-state index contributed by atoms with van der Waals surface area (Å²) >= 11 is 0. The van der Waals surface area contributed by atoms with Crippen molar-refractivity contribution in [1.82, 2.24) is 5.32 Å². The molecule has 0 amide bonds. The summed E-state index contributed by atoms with van der Waals surface area (Å²) in [4.78, 5) is 2.29. The SMILES string of the molecule is CCCNCCCCCCN(C)c1ccccc1OC. The van der Waals surface area contributed by atoms with Gasteiger partial charge in [0.25, 0.3) is 0 Å². The van der Waals surface area contributed by atoms with Gasteiger partial charge in [0.05, 0.1) is 12.8 Å². The number of unbranched alkanes of at least 4 members (excludes halogenated alkanes) is 3. The molecule has 1 N–H and O–H groups in total. The summed E-state index contributed by atoms with van der Waals surface area (Å²) < 4.78 is 5.40. The van der Waals surface area contributed by atoms with Crippen molar-refractivity contribution in [1.29, 1.82) is 0 Å². The Bertz CT molecular complexity index is 355. The first kappa shape index (κ1) is 16.8. The Balaban J connectivity index is 2.15. The molecule has 0 atom stereocenters. The third kappa shape index (κ3) is 6.29. The van der Waals surface area contributed by atoms with Gasteiger partial charge < -0.3 is 15.0 Å². The summed E-state index contributed by atoms with van der Waals surface area (Å²) in [6, 6.07) is 8.21. The van der Waals surface area contributed by atoms with Crippen LogP contribution in [0.2, 0.25) is 0 Å². The van der Waals surface area contributed by atoms with Gasteiger partial charge in [0.2, 0.25) is 0 Å². The van der Waals surface area contributed by atoms with Gasteiger partial charge in [-0.25, -0.2) is 0 Å². The fourth-order valence-corrected chi connectivity index (χ4v) is 2.32. The Morgan fingerprint density at radius 2 is 1.80 bits per heavy atom. The average molecular weight is 278 g/mol. The van der Waals surface area contributed by atoms with Gasteiger partial charge in [-0.3, -0.25) is 0 Å². The van der Waals surface area contributed by atoms with Crippen LogP contribution in [0.5, 0.6) is 5.75 Å². The van der Waals surface area contributed by atoms with Crippen LogP contribution in [0.3, 0.4) is 0 Å². The number of nitrogens with one attached hydrogen (secondary N) is 1. The first-order valence-electron chi connectivity index (χ1n) is 7.84. The molecular formula is C17H30N2O. The Morgan fingerprint density at radius 1 is 1.05 bits per heavy atom. The summed E-state index contributed by atoms with van der Waals surface area (Å²) in [5, 5.41) is 3.45. The van der Waals surface area contributed by atoms with Crippen molar-refractivity contribution in [3.63, 3.8) is 0 Å². The number of para-hydroxylation sites is 2. The molecule has 0 saturated carbocycles. The van der Waals surface area contributed by atoms with Crippen molar-refractivity contribution in [3.8, 4) is 5.75 Å². The van der Waals surface area contributed by atoms with Crippen molar-refractivity contribution < 1.29 is 4.74 Å². The second-order valence-electron chi connectivity index (χ2n) is 5.26. The van der Waals surface area contributed by atoms with E-state index in [1.165, 1.54) is 37.8 Å². The zero-order chi connectivity index (χ0) is 14.6. The normalized spacial score (nSPS) is 10.6. The largest absolute Gasteiger partial charge is 0.495 e. The number of benzene rings is 1. The van der Waals surface area contributed by atoms with Crippen LogP contribution in [0.15, 0.2) is 24.3 Å². The topological polar surface area (TPSA) is 24.5 Å². The van der Waals surface area contributed by atoms with Gasteiger partial charge in [0.15, 0.2) is 0 Å². The summed E-state index contributed by atoms with van der Waals surface area (Å²) in [5.74, 6) is 0.957. The molecule has 0 aliphatic heterocycles. The lowest BCUT2D eigenvalue weighted by atomic mass is 10.2. The molecule has 0 aliphatic rings. The van der Waals surface area contributed by atoms with Gasteiger partial charge in [-0.05, 0) is 44.5 Å². The number of ether oxygens (including phenoxy) is 1. The van der Waals surface area contributed by atoms with E-state index < -0.39 is 0 Å². The minimum absolute atomic E-state index is 0.957. The van der Waals surface area contributed by atoms with Crippen molar-refractivity contribution in [2.45, 2.75) is 39.0 Å². The highest BCUT2D eigenvalue weighted by Gasteiger charge is 2.06. The molecule has 0 heterocycles. The molecule has 0 aromatic heterocycles. The van der Waals surface area contributed by atoms with E-state index in [0.717, 1.165) is 25.4 Å². The molecule has 1 aromatic rings. The van der Waals surface area contributed by atoms with Gasteiger partial charge in [-0.1, -0.05) is 31.9 Å². The minimum atomic E-state index is 0.957. The molecule has 0 saturated heterocycles. The van der Waals surface area contributed by atoms with Gasteiger partial charge in [0.1, 0.15) is 5.75 Å². The molecular weight excluding hydrogens is 248 g/mol. The average Bonchev–Trinajstić information content (AvgIpc) is 2.49. The number of methoxy groups -OCH3 is 1. The van der Waals surface area contributed by atoms with E-state index in [9.17, 15) is 0 Å². The first-order chi connectivity index (χ1) is 9.79. The van der Waals surface area contributed by atoms with Crippen molar-refractivity contribution in [3.05, 3.63) is 24.3 Å². The fourth-order valence-electron chi connectivity index (χ4n) is 2.32. The Kier molecular flexibility index (Phi) is 8.88. The van der Waals surface area contributed by atoms with E-state index in [1.54, 1.807) is 7.11 Å². The predicted octanol–water partition coefficient (Wildman–Crippen LogP) is 3.69. The molecule has 1 rings (SSSR count). The van der Waals surface area contributed by atoms with Crippen LogP contribution in [0, 0.1) is 0 Å². The van der Waals surface area contributed by atoms with Crippen LogP contribution in [0.1, 0.15) is 39.0 Å². The summed E-state index contributed by atoms with van der Waals surface area (Å²) in [5.41, 5.74) is 1.18. The Morgan fingerprint density at radius 3 is 2.55 bits per heavy atom. The highest BCUT2D eigenvalue weighted by atomic mass is 16.5. The van der Waals surface area contributed by atoms with Gasteiger partial charge >= 0.3 is 0 Å². The van der Waals surface area contributed by atoms with Crippen LogP contribution in [-0.4, -0.2) is 33.8 Å². The molecule has 1 aromatic carbocycles. The number of hydrogen-bond acceptors (Lipinski definition) is 3. The van der Waals surface area contributed by atoms with Crippen molar-refractivity contribution in [2.75, 3.05) is 38.7 Å². The fraction of sp³-hybridized carbons (Fsp3) is 0.647. The zero-order valence-electron chi connectivity index (χ0n) is 13.3. The smallest absolute Gasteiger partial charge is 0.142 e. The lowest BCUT2D eigenvalue weighted by Crippen LogP contribution is -2.19. The molecule has 3 nitrogen and oxygen atoms in total. The standard InChI is InChI=1S/C17H30N2O/c1-4-13-18-14-9-5-6-10-15-19(2)16-11-7-8-12-17(16)20-3/h7-8,11-12,18H,4-6,9-10,13-15H2,1-3H3. The minimum Gasteiger partial charge on any atom is -0.495 e. The Hall–Kier alpha value is -1.22. The van der Waals surface area contributed by atoms with Crippen LogP contribution in [-0.2, 0) is 0 Å². The first-order valence-corrected chi connectivity index (χ1v) is 7.84. The van der Waals surface area contributed by atoms with E-state index >= 15 is 0 Å². The van der Waals surface area contributed by atoms with E-state index in [0.29, 0.717) is 0 Å². The summed E-state index contributed by atoms with van der Waals surface area (Å²) in [6.45, 7) is 5.61. The zero-order valence-corrected chi connectivity index (χ0v) is 13.3. The molecule has 0 fully saturated rings. The molecule has 0 aliphatic carbocycles. The van der Waals surface area contributed by atoms with Crippen molar-refractivity contribution >= 4 is 5.69 Å². The molecule has 0 bridgehead atoms. The molecule has 20 heavy (non-hydrogen) atoms. The lowest BCUT2D eigenvalue weighted by molar-refractivity contribution is 0.414. The number of anilines is 1. The molecule has 114 valence electrons. The van der Waals surface area contributed by atoms with Gasteiger partial charge in [0, 0.05) is 13.6 Å². The molecule has 0 radical (unpaired) electrons. The van der Waals surface area contributed by atoms with Crippen LogP contribution in [0.25, 0.3) is 0 Å². The van der Waals surface area contributed by atoms with Gasteiger partial charge in [-0.2, -0.15) is 0 Å². The van der Waals surface area contributed by atoms with Crippen LogP contribution in [0.4, 0.5) is 5.69 Å². The van der Waals surface area contributed by atoms with Crippen molar-refractivity contribution in [2.24, 2.45) is 0 Å². The van der Waals surface area contributed by atoms with E-state index in [-0.39, 0.29) is 0 Å². The maximum absolute atomic E-state index is 5.40. The van der Waals surface area contributed by atoms with Crippen LogP contribution < -0.4 is 15.0 Å². The van der Waals surface area contributed by atoms with E-state index in [4.69, 9.17) is 4.74 Å². The predicted molar refractivity (Wildman–Crippen MR) is 87.9 cm³/mol. The molecule has 3 heteroatoms. The van der Waals surface area contributed by atoms with Crippen LogP contribution >= 0.6 is 0 Å². The highest BCUT2D eigenvalue weighted by Crippen LogP contribution is 2.26. The Labute approximate surface area is 124 Å².